The predicted molar refractivity (Wildman–Crippen MR) is 112 cm³/mol. The second-order valence-corrected chi connectivity index (χ2v) is 7.15. The van der Waals surface area contributed by atoms with Crippen molar-refractivity contribution in [1.82, 2.24) is 20.4 Å². The maximum Gasteiger partial charge on any atom is 0.191 e. The number of benzene rings is 1. The van der Waals surface area contributed by atoms with Crippen molar-refractivity contribution in [2.24, 2.45) is 4.99 Å². The minimum Gasteiger partial charge on any atom is -0.382 e. The van der Waals surface area contributed by atoms with Crippen LogP contribution in [0.15, 0.2) is 35.3 Å². The number of nitrogens with two attached hydrogens (primary N) is 1. The van der Waals surface area contributed by atoms with E-state index in [4.69, 9.17) is 5.73 Å². The van der Waals surface area contributed by atoms with Gasteiger partial charge in [0.05, 0.1) is 11.4 Å². The normalized spacial score (nSPS) is 15.2. The molecule has 1 heterocycles. The highest BCUT2D eigenvalue weighted by Gasteiger charge is 2.17. The molecule has 0 atom stereocenters. The molecule has 2 aromatic rings. The summed E-state index contributed by atoms with van der Waals surface area (Å²) in [6, 6.07) is 12.4. The van der Waals surface area contributed by atoms with Gasteiger partial charge in [0.1, 0.15) is 17.5 Å². The van der Waals surface area contributed by atoms with Crippen molar-refractivity contribution in [3.05, 3.63) is 41.6 Å². The van der Waals surface area contributed by atoms with E-state index < -0.39 is 0 Å². The first-order chi connectivity index (χ1) is 13.7. The van der Waals surface area contributed by atoms with Gasteiger partial charge in [-0.25, -0.2) is 4.68 Å². The molecule has 7 nitrogen and oxygen atoms in total. The van der Waals surface area contributed by atoms with Crippen LogP contribution in [0.4, 0.5) is 5.82 Å². The highest BCUT2D eigenvalue weighted by Crippen LogP contribution is 2.21. The van der Waals surface area contributed by atoms with Crippen LogP contribution in [-0.2, 0) is 6.42 Å². The van der Waals surface area contributed by atoms with E-state index in [-0.39, 0.29) is 0 Å². The van der Waals surface area contributed by atoms with Gasteiger partial charge in [0, 0.05) is 19.6 Å². The summed E-state index contributed by atoms with van der Waals surface area (Å²) >= 11 is 0. The number of nitrogen functional groups attached to an aromatic ring is 1. The second-order valence-electron chi connectivity index (χ2n) is 7.15. The van der Waals surface area contributed by atoms with Gasteiger partial charge in [-0.15, -0.1) is 0 Å². The first kappa shape index (κ1) is 19.7. The fraction of sp³-hybridized carbons (Fsp3) is 0.476. The van der Waals surface area contributed by atoms with E-state index in [2.05, 4.69) is 26.8 Å². The molecule has 148 valence electrons. The minimum atomic E-state index is 0.395. The number of anilines is 1. The number of aliphatic imine (C=N–C) groups is 1. The number of hydrogen-bond acceptors (Lipinski definition) is 4. The Balaban J connectivity index is 1.55. The van der Waals surface area contributed by atoms with Crippen molar-refractivity contribution >= 4 is 11.8 Å². The number of nitriles is 1. The Kier molecular flexibility index (Phi) is 6.90. The molecule has 0 amide bonds. The molecule has 3 rings (SSSR count). The van der Waals surface area contributed by atoms with Gasteiger partial charge in [-0.3, -0.25) is 4.99 Å². The summed E-state index contributed by atoms with van der Waals surface area (Å²) in [6.45, 7) is 0.759. The summed E-state index contributed by atoms with van der Waals surface area (Å²) in [5.74, 6) is 1.24. The van der Waals surface area contributed by atoms with Crippen LogP contribution in [0.3, 0.4) is 0 Å². The fourth-order valence-electron chi connectivity index (χ4n) is 3.64. The second kappa shape index (κ2) is 9.79. The van der Waals surface area contributed by atoms with Gasteiger partial charge < -0.3 is 16.4 Å². The van der Waals surface area contributed by atoms with E-state index in [9.17, 15) is 5.26 Å². The van der Waals surface area contributed by atoms with Gasteiger partial charge in [-0.2, -0.15) is 10.4 Å². The summed E-state index contributed by atoms with van der Waals surface area (Å²) in [4.78, 5) is 4.32. The van der Waals surface area contributed by atoms with Crippen molar-refractivity contribution < 1.29 is 0 Å². The highest BCUT2D eigenvalue weighted by atomic mass is 15.3. The van der Waals surface area contributed by atoms with Crippen molar-refractivity contribution in [1.29, 1.82) is 5.26 Å². The lowest BCUT2D eigenvalue weighted by atomic mass is 9.96. The van der Waals surface area contributed by atoms with E-state index in [0.717, 1.165) is 30.3 Å². The molecule has 1 aromatic heterocycles. The molecule has 0 saturated heterocycles. The summed E-state index contributed by atoms with van der Waals surface area (Å²) in [5, 5.41) is 20.9. The quantitative estimate of drug-likeness (QED) is 0.407. The Morgan fingerprint density at radius 1 is 1.29 bits per heavy atom. The first-order valence-corrected chi connectivity index (χ1v) is 10.0. The molecule has 1 aliphatic carbocycles. The molecule has 7 heteroatoms. The zero-order valence-electron chi connectivity index (χ0n) is 16.5. The summed E-state index contributed by atoms with van der Waals surface area (Å²) < 4.78 is 1.64. The van der Waals surface area contributed by atoms with Crippen molar-refractivity contribution in [3.63, 3.8) is 0 Å². The first-order valence-electron chi connectivity index (χ1n) is 10.0. The van der Waals surface area contributed by atoms with Gasteiger partial charge >= 0.3 is 0 Å². The van der Waals surface area contributed by atoms with E-state index in [0.29, 0.717) is 23.8 Å². The SMILES string of the molecule is CN=C(NCCCc1nn(-c2ccccc2)c(N)c1C#N)NC1CCCCC1. The number of aromatic nitrogens is 2. The summed E-state index contributed by atoms with van der Waals surface area (Å²) in [5.41, 5.74) is 8.22. The van der Waals surface area contributed by atoms with Gasteiger partial charge in [-0.1, -0.05) is 37.5 Å². The van der Waals surface area contributed by atoms with Crippen LogP contribution in [0.5, 0.6) is 0 Å². The van der Waals surface area contributed by atoms with E-state index >= 15 is 0 Å². The molecule has 0 aliphatic heterocycles. The number of rotatable bonds is 6. The number of aryl methyl sites for hydroxylation is 1. The van der Waals surface area contributed by atoms with Crippen LogP contribution < -0.4 is 16.4 Å². The lowest BCUT2D eigenvalue weighted by Crippen LogP contribution is -2.44. The van der Waals surface area contributed by atoms with E-state index in [1.54, 1.807) is 11.7 Å². The average Bonchev–Trinajstić information content (AvgIpc) is 3.06. The Labute approximate surface area is 166 Å². The molecular weight excluding hydrogens is 350 g/mol. The Morgan fingerprint density at radius 2 is 2.04 bits per heavy atom. The molecule has 0 spiro atoms. The van der Waals surface area contributed by atoms with Crippen LogP contribution in [0.25, 0.3) is 5.69 Å². The predicted octanol–water partition coefficient (Wildman–Crippen LogP) is 2.76. The zero-order valence-corrected chi connectivity index (χ0v) is 16.5. The maximum absolute atomic E-state index is 9.50. The third kappa shape index (κ3) is 4.83. The van der Waals surface area contributed by atoms with Crippen molar-refractivity contribution in [2.75, 3.05) is 19.3 Å². The highest BCUT2D eigenvalue weighted by molar-refractivity contribution is 5.79. The lowest BCUT2D eigenvalue weighted by molar-refractivity contribution is 0.410. The standard InChI is InChI=1S/C21H29N7/c1-24-21(26-16-9-4-2-5-10-16)25-14-8-13-19-18(15-22)20(23)28(27-19)17-11-6-3-7-12-17/h3,6-7,11-12,16H,2,4-5,8-10,13-14,23H2,1H3,(H2,24,25,26). The van der Waals surface area contributed by atoms with Gasteiger partial charge in [0.2, 0.25) is 0 Å². The van der Waals surface area contributed by atoms with Crippen LogP contribution >= 0.6 is 0 Å². The number of para-hydroxylation sites is 1. The minimum absolute atomic E-state index is 0.395. The topological polar surface area (TPSA) is 104 Å². The number of guanidine groups is 1. The molecule has 0 bridgehead atoms. The molecular formula is C21H29N7. The Hall–Kier alpha value is -3.01. The Bertz CT molecular complexity index is 826. The third-order valence-electron chi connectivity index (χ3n) is 5.16. The van der Waals surface area contributed by atoms with Gasteiger partial charge in [0.25, 0.3) is 0 Å². The molecule has 0 unspecified atom stereocenters. The number of nitrogens with one attached hydrogen (secondary N) is 2. The van der Waals surface area contributed by atoms with Crippen LogP contribution in [0.2, 0.25) is 0 Å². The van der Waals surface area contributed by atoms with Crippen LogP contribution in [0, 0.1) is 11.3 Å². The molecule has 1 aliphatic rings. The van der Waals surface area contributed by atoms with Crippen LogP contribution in [0.1, 0.15) is 49.8 Å². The molecule has 28 heavy (non-hydrogen) atoms. The summed E-state index contributed by atoms with van der Waals surface area (Å²) in [6.07, 6.45) is 7.86. The van der Waals surface area contributed by atoms with E-state index in [1.807, 2.05) is 30.3 Å². The largest absolute Gasteiger partial charge is 0.382 e. The maximum atomic E-state index is 9.50. The van der Waals surface area contributed by atoms with E-state index in [1.165, 1.54) is 32.1 Å². The zero-order chi connectivity index (χ0) is 19.8. The fourth-order valence-corrected chi connectivity index (χ4v) is 3.64. The molecule has 1 fully saturated rings. The van der Waals surface area contributed by atoms with Gasteiger partial charge in [-0.05, 0) is 37.8 Å². The molecule has 4 N–H and O–H groups in total. The third-order valence-corrected chi connectivity index (χ3v) is 5.16. The monoisotopic (exact) mass is 379 g/mol. The molecule has 1 saturated carbocycles. The Morgan fingerprint density at radius 3 is 2.71 bits per heavy atom. The smallest absolute Gasteiger partial charge is 0.191 e. The van der Waals surface area contributed by atoms with Crippen LogP contribution in [-0.4, -0.2) is 35.4 Å². The molecule has 1 aromatic carbocycles. The van der Waals surface area contributed by atoms with Crippen molar-refractivity contribution in [3.8, 4) is 11.8 Å². The van der Waals surface area contributed by atoms with Crippen molar-refractivity contribution in [2.45, 2.75) is 51.0 Å². The average molecular weight is 380 g/mol. The molecule has 0 radical (unpaired) electrons. The van der Waals surface area contributed by atoms with Gasteiger partial charge in [0.15, 0.2) is 5.96 Å². The number of nitrogens with zero attached hydrogens (tertiary/aromatic N) is 4. The lowest BCUT2D eigenvalue weighted by Gasteiger charge is -2.24. The number of hydrogen-bond donors (Lipinski definition) is 3. The summed E-state index contributed by atoms with van der Waals surface area (Å²) in [7, 11) is 1.80.